The van der Waals surface area contributed by atoms with Crippen molar-refractivity contribution in [2.24, 2.45) is 0 Å². The van der Waals surface area contributed by atoms with Gasteiger partial charge in [0.25, 0.3) is 0 Å². The maximum Gasteiger partial charge on any atom is 0.329 e. The van der Waals surface area contributed by atoms with Gasteiger partial charge in [0.2, 0.25) is 5.91 Å². The Bertz CT molecular complexity index is 663. The largest absolute Gasteiger partial charge is 0.480 e. The Labute approximate surface area is 147 Å². The molecule has 0 radical (unpaired) electrons. The molecule has 5 heteroatoms. The van der Waals surface area contributed by atoms with Crippen LogP contribution in [-0.2, 0) is 14.3 Å². The second-order valence-electron chi connectivity index (χ2n) is 6.05. The SMILES string of the molecule is CCC(C)(NC(=O)COC(c1ccccc1)c1ccccc1)C(=O)O. The Morgan fingerprint density at radius 1 is 1.04 bits per heavy atom. The number of aliphatic carboxylic acids is 1. The average Bonchev–Trinajstić information content (AvgIpc) is 2.63. The van der Waals surface area contributed by atoms with E-state index in [2.05, 4.69) is 5.32 Å². The summed E-state index contributed by atoms with van der Waals surface area (Å²) in [5.74, 6) is -1.52. The molecule has 0 aliphatic rings. The zero-order valence-corrected chi connectivity index (χ0v) is 14.4. The van der Waals surface area contributed by atoms with Gasteiger partial charge in [-0.15, -0.1) is 0 Å². The van der Waals surface area contributed by atoms with Gasteiger partial charge in [-0.2, -0.15) is 0 Å². The number of amides is 1. The molecule has 0 aromatic heterocycles. The molecule has 0 saturated carbocycles. The van der Waals surface area contributed by atoms with Crippen molar-refractivity contribution < 1.29 is 19.4 Å². The number of carboxylic acid groups (broad SMARTS) is 1. The number of benzene rings is 2. The summed E-state index contributed by atoms with van der Waals surface area (Å²) >= 11 is 0. The number of carbonyl (C=O) groups excluding carboxylic acids is 1. The van der Waals surface area contributed by atoms with Gasteiger partial charge in [-0.1, -0.05) is 67.6 Å². The summed E-state index contributed by atoms with van der Waals surface area (Å²) in [5, 5.41) is 11.8. The zero-order chi connectivity index (χ0) is 18.3. The molecule has 0 saturated heterocycles. The van der Waals surface area contributed by atoms with Crippen LogP contribution in [0.2, 0.25) is 0 Å². The fraction of sp³-hybridized carbons (Fsp3) is 0.300. The molecule has 0 fully saturated rings. The third-order valence-electron chi connectivity index (χ3n) is 4.18. The molecule has 1 unspecified atom stereocenters. The van der Waals surface area contributed by atoms with Crippen molar-refractivity contribution in [1.82, 2.24) is 5.32 Å². The third kappa shape index (κ3) is 4.90. The van der Waals surface area contributed by atoms with E-state index in [9.17, 15) is 14.7 Å². The molecule has 1 atom stereocenters. The number of rotatable bonds is 8. The molecule has 2 aromatic carbocycles. The van der Waals surface area contributed by atoms with Crippen LogP contribution in [0.1, 0.15) is 37.5 Å². The molecule has 2 N–H and O–H groups in total. The summed E-state index contributed by atoms with van der Waals surface area (Å²) in [5.41, 5.74) is 0.561. The van der Waals surface area contributed by atoms with Gasteiger partial charge in [0, 0.05) is 0 Å². The van der Waals surface area contributed by atoms with Crippen LogP contribution < -0.4 is 5.32 Å². The van der Waals surface area contributed by atoms with Gasteiger partial charge in [-0.25, -0.2) is 4.79 Å². The van der Waals surface area contributed by atoms with Crippen molar-refractivity contribution in [2.75, 3.05) is 6.61 Å². The molecule has 25 heavy (non-hydrogen) atoms. The summed E-state index contributed by atoms with van der Waals surface area (Å²) < 4.78 is 5.84. The third-order valence-corrected chi connectivity index (χ3v) is 4.18. The van der Waals surface area contributed by atoms with Crippen LogP contribution in [0.15, 0.2) is 60.7 Å². The Balaban J connectivity index is 2.11. The number of nitrogens with one attached hydrogen (secondary N) is 1. The quantitative estimate of drug-likeness (QED) is 0.773. The van der Waals surface area contributed by atoms with E-state index in [1.807, 2.05) is 60.7 Å². The molecule has 1 amide bonds. The molecule has 0 heterocycles. The molecule has 0 aliphatic heterocycles. The minimum atomic E-state index is -1.30. The Morgan fingerprint density at radius 3 is 1.92 bits per heavy atom. The van der Waals surface area contributed by atoms with E-state index in [4.69, 9.17) is 4.74 Å². The second kappa shape index (κ2) is 8.44. The maximum atomic E-state index is 12.2. The lowest BCUT2D eigenvalue weighted by molar-refractivity contribution is -0.148. The van der Waals surface area contributed by atoms with Gasteiger partial charge in [0.05, 0.1) is 0 Å². The Morgan fingerprint density at radius 2 is 1.52 bits per heavy atom. The highest BCUT2D eigenvalue weighted by Crippen LogP contribution is 2.25. The first-order chi connectivity index (χ1) is 12.0. The number of ether oxygens (including phenoxy) is 1. The van der Waals surface area contributed by atoms with E-state index in [0.717, 1.165) is 11.1 Å². The van der Waals surface area contributed by atoms with Crippen LogP contribution in [0, 0.1) is 0 Å². The highest BCUT2D eigenvalue weighted by atomic mass is 16.5. The monoisotopic (exact) mass is 341 g/mol. The highest BCUT2D eigenvalue weighted by Gasteiger charge is 2.32. The van der Waals surface area contributed by atoms with Crippen molar-refractivity contribution in [3.63, 3.8) is 0 Å². The van der Waals surface area contributed by atoms with Crippen LogP contribution in [-0.4, -0.2) is 29.1 Å². The lowest BCUT2D eigenvalue weighted by Crippen LogP contribution is -2.52. The first kappa shape index (κ1) is 18.7. The minimum absolute atomic E-state index is 0.225. The molecule has 5 nitrogen and oxygen atoms in total. The predicted octanol–water partition coefficient (Wildman–Crippen LogP) is 3.16. The van der Waals surface area contributed by atoms with Gasteiger partial charge in [0.15, 0.2) is 0 Å². The molecule has 0 spiro atoms. The number of hydrogen-bond acceptors (Lipinski definition) is 3. The molecule has 0 aliphatic carbocycles. The minimum Gasteiger partial charge on any atom is -0.480 e. The van der Waals surface area contributed by atoms with Gasteiger partial charge in [0.1, 0.15) is 18.2 Å². The van der Waals surface area contributed by atoms with Gasteiger partial charge >= 0.3 is 5.97 Å². The van der Waals surface area contributed by atoms with Crippen molar-refractivity contribution in [1.29, 1.82) is 0 Å². The molecule has 0 bridgehead atoms. The summed E-state index contributed by atoms with van der Waals surface area (Å²) in [4.78, 5) is 23.5. The topological polar surface area (TPSA) is 75.6 Å². The van der Waals surface area contributed by atoms with Crippen LogP contribution in [0.3, 0.4) is 0 Å². The van der Waals surface area contributed by atoms with Gasteiger partial charge in [-0.3, -0.25) is 4.79 Å². The van der Waals surface area contributed by atoms with E-state index in [1.54, 1.807) is 6.92 Å². The standard InChI is InChI=1S/C20H23NO4/c1-3-20(2,19(23)24)21-17(22)14-25-18(15-10-6-4-7-11-15)16-12-8-5-9-13-16/h4-13,18H,3,14H2,1-2H3,(H,21,22)(H,23,24). The van der Waals surface area contributed by atoms with Crippen LogP contribution in [0.4, 0.5) is 0 Å². The van der Waals surface area contributed by atoms with E-state index < -0.39 is 23.5 Å². The summed E-state index contributed by atoms with van der Waals surface area (Å²) in [7, 11) is 0. The van der Waals surface area contributed by atoms with E-state index in [1.165, 1.54) is 6.92 Å². The fourth-order valence-electron chi connectivity index (χ4n) is 2.44. The first-order valence-electron chi connectivity index (χ1n) is 8.22. The Kier molecular flexibility index (Phi) is 6.31. The van der Waals surface area contributed by atoms with Crippen LogP contribution >= 0.6 is 0 Å². The predicted molar refractivity (Wildman–Crippen MR) is 95.2 cm³/mol. The van der Waals surface area contributed by atoms with Crippen molar-refractivity contribution in [2.45, 2.75) is 31.9 Å². The average molecular weight is 341 g/mol. The molecular formula is C20H23NO4. The lowest BCUT2D eigenvalue weighted by atomic mass is 9.99. The van der Waals surface area contributed by atoms with Gasteiger partial charge in [-0.05, 0) is 24.5 Å². The summed E-state index contributed by atoms with van der Waals surface area (Å²) in [6.07, 6.45) is -0.111. The lowest BCUT2D eigenvalue weighted by Gasteiger charge is -2.25. The second-order valence-corrected chi connectivity index (χ2v) is 6.05. The van der Waals surface area contributed by atoms with E-state index in [0.29, 0.717) is 0 Å². The molecule has 2 rings (SSSR count). The fourth-order valence-corrected chi connectivity index (χ4v) is 2.44. The normalized spacial score (nSPS) is 13.2. The van der Waals surface area contributed by atoms with Crippen LogP contribution in [0.5, 0.6) is 0 Å². The van der Waals surface area contributed by atoms with Crippen molar-refractivity contribution >= 4 is 11.9 Å². The zero-order valence-electron chi connectivity index (χ0n) is 14.4. The maximum absolute atomic E-state index is 12.2. The first-order valence-corrected chi connectivity index (χ1v) is 8.22. The van der Waals surface area contributed by atoms with E-state index in [-0.39, 0.29) is 13.0 Å². The van der Waals surface area contributed by atoms with Crippen molar-refractivity contribution in [3.8, 4) is 0 Å². The highest BCUT2D eigenvalue weighted by molar-refractivity contribution is 5.87. The van der Waals surface area contributed by atoms with Crippen LogP contribution in [0.25, 0.3) is 0 Å². The van der Waals surface area contributed by atoms with E-state index >= 15 is 0 Å². The number of carbonyl (C=O) groups is 2. The molecule has 2 aromatic rings. The van der Waals surface area contributed by atoms with Crippen molar-refractivity contribution in [3.05, 3.63) is 71.8 Å². The van der Waals surface area contributed by atoms with Gasteiger partial charge < -0.3 is 15.2 Å². The smallest absolute Gasteiger partial charge is 0.329 e. The molecular weight excluding hydrogens is 318 g/mol. The number of carboxylic acids is 1. The molecule has 132 valence electrons. The summed E-state index contributed by atoms with van der Waals surface area (Å²) in [6.45, 7) is 2.97. The Hall–Kier alpha value is -2.66. The summed E-state index contributed by atoms with van der Waals surface area (Å²) in [6, 6.07) is 19.2. The number of hydrogen-bond donors (Lipinski definition) is 2.